The summed E-state index contributed by atoms with van der Waals surface area (Å²) in [5.41, 5.74) is 2.83. The van der Waals surface area contributed by atoms with Gasteiger partial charge in [0.05, 0.1) is 13.1 Å². The molecule has 3 atom stereocenters. The van der Waals surface area contributed by atoms with Crippen LogP contribution in [0.5, 0.6) is 0 Å². The first-order valence-corrected chi connectivity index (χ1v) is 7.84. The predicted molar refractivity (Wildman–Crippen MR) is 94.0 cm³/mol. The summed E-state index contributed by atoms with van der Waals surface area (Å²) < 4.78 is 0. The number of hydrogen-bond acceptors (Lipinski definition) is 5. The fraction of sp³-hybridized carbons (Fsp3) is 0.368. The highest BCUT2D eigenvalue weighted by Gasteiger charge is 2.29. The van der Waals surface area contributed by atoms with Crippen LogP contribution in [-0.2, 0) is 16.0 Å². The number of aliphatic carboxylic acids is 2. The number of carboxylic acids is 2. The van der Waals surface area contributed by atoms with Gasteiger partial charge in [0, 0.05) is 6.04 Å². The lowest BCUT2D eigenvalue weighted by atomic mass is 10.1. The zero-order chi connectivity index (χ0) is 19.7. The van der Waals surface area contributed by atoms with Gasteiger partial charge < -0.3 is 20.4 Å². The lowest BCUT2D eigenvalue weighted by Crippen LogP contribution is -2.39. The predicted octanol–water partition coefficient (Wildman–Crippen LogP) is 0.120. The van der Waals surface area contributed by atoms with Gasteiger partial charge in [-0.25, -0.2) is 9.59 Å². The highest BCUT2D eigenvalue weighted by Crippen LogP contribution is 2.35. The fourth-order valence-corrected chi connectivity index (χ4v) is 2.69. The van der Waals surface area contributed by atoms with Gasteiger partial charge in [0.25, 0.3) is 0 Å². The smallest absolute Gasteiger partial charge is 0.335 e. The van der Waals surface area contributed by atoms with Gasteiger partial charge in [0.15, 0.2) is 12.2 Å². The van der Waals surface area contributed by atoms with Crippen LogP contribution >= 0.6 is 0 Å². The maximum absolute atomic E-state index is 9.77. The Morgan fingerprint density at radius 2 is 1.58 bits per heavy atom. The number of carboxylic acid groups (broad SMARTS) is 2. The lowest BCUT2D eigenvalue weighted by molar-refractivity contribution is -0.165. The number of aliphatic hydroxyl groups excluding tert-OH is 2. The number of rotatable bonds is 6. The summed E-state index contributed by atoms with van der Waals surface area (Å²) in [5, 5.41) is 32.5. The molecular formula is C19H21NO6. The summed E-state index contributed by atoms with van der Waals surface area (Å²) in [5.74, 6) is 1.84. The molecule has 1 aromatic rings. The fourth-order valence-electron chi connectivity index (χ4n) is 2.69. The van der Waals surface area contributed by atoms with Crippen molar-refractivity contribution in [1.82, 2.24) is 4.90 Å². The molecule has 7 heteroatoms. The molecule has 0 fully saturated rings. The van der Waals surface area contributed by atoms with Crippen molar-refractivity contribution >= 4 is 11.9 Å². The van der Waals surface area contributed by atoms with Gasteiger partial charge in [-0.15, -0.1) is 12.8 Å². The summed E-state index contributed by atoms with van der Waals surface area (Å²) in [7, 11) is 0. The van der Waals surface area contributed by atoms with Crippen LogP contribution in [0.4, 0.5) is 0 Å². The highest BCUT2D eigenvalue weighted by molar-refractivity contribution is 5.83. The number of benzene rings is 1. The van der Waals surface area contributed by atoms with E-state index in [1.165, 1.54) is 11.1 Å². The molecule has 2 rings (SSSR count). The molecule has 4 N–H and O–H groups in total. The number of nitrogens with zero attached hydrogens (tertiary/aromatic N) is 1. The van der Waals surface area contributed by atoms with Crippen molar-refractivity contribution in [3.8, 4) is 24.7 Å². The second-order valence-corrected chi connectivity index (χ2v) is 5.63. The Bertz CT molecular complexity index is 683. The van der Waals surface area contributed by atoms with Gasteiger partial charge in [0.2, 0.25) is 0 Å². The van der Waals surface area contributed by atoms with Gasteiger partial charge in [0.1, 0.15) is 0 Å². The standard InChI is InChI=1S/C15H15N.C4H6O6/c1-3-11-16(12-4-2)15-10-9-13-7-5-6-8-14(13)15;5-1(3(7)8)2(6)4(9)10/h1-2,5-8,15H,9-12H2;1-2,5-6H,(H,7,8)(H,9,10). The third-order valence-electron chi connectivity index (χ3n) is 3.94. The third kappa shape index (κ3) is 5.61. The van der Waals surface area contributed by atoms with Crippen LogP contribution in [0.2, 0.25) is 0 Å². The second kappa shape index (κ2) is 10.2. The summed E-state index contributed by atoms with van der Waals surface area (Å²) in [6.45, 7) is 1.26. The quantitative estimate of drug-likeness (QED) is 0.533. The van der Waals surface area contributed by atoms with E-state index in [0.717, 1.165) is 12.8 Å². The molecule has 0 saturated heterocycles. The van der Waals surface area contributed by atoms with Crippen molar-refractivity contribution in [2.45, 2.75) is 31.1 Å². The van der Waals surface area contributed by atoms with E-state index >= 15 is 0 Å². The summed E-state index contributed by atoms with van der Waals surface area (Å²) in [6, 6.07) is 8.96. The van der Waals surface area contributed by atoms with Crippen LogP contribution in [0.15, 0.2) is 24.3 Å². The summed E-state index contributed by atoms with van der Waals surface area (Å²) >= 11 is 0. The molecule has 3 unspecified atom stereocenters. The van der Waals surface area contributed by atoms with Gasteiger partial charge in [-0.2, -0.15) is 0 Å². The second-order valence-electron chi connectivity index (χ2n) is 5.63. The van der Waals surface area contributed by atoms with Crippen molar-refractivity contribution < 1.29 is 30.0 Å². The van der Waals surface area contributed by atoms with Crippen molar-refractivity contribution in [2.75, 3.05) is 13.1 Å². The highest BCUT2D eigenvalue weighted by atomic mass is 16.4. The van der Waals surface area contributed by atoms with Gasteiger partial charge in [-0.05, 0) is 24.0 Å². The van der Waals surface area contributed by atoms with Crippen molar-refractivity contribution in [1.29, 1.82) is 0 Å². The molecule has 0 saturated carbocycles. The normalized spacial score (nSPS) is 17.0. The van der Waals surface area contributed by atoms with Crippen LogP contribution < -0.4 is 0 Å². The average molecular weight is 359 g/mol. The summed E-state index contributed by atoms with van der Waals surface area (Å²) in [6.07, 6.45) is 8.50. The molecule has 0 bridgehead atoms. The Labute approximate surface area is 151 Å². The Morgan fingerprint density at radius 1 is 1.08 bits per heavy atom. The van der Waals surface area contributed by atoms with Crippen LogP contribution in [0.25, 0.3) is 0 Å². The summed E-state index contributed by atoms with van der Waals surface area (Å²) in [4.78, 5) is 21.7. The lowest BCUT2D eigenvalue weighted by Gasteiger charge is -2.25. The number of aliphatic hydroxyl groups is 2. The van der Waals surface area contributed by atoms with Crippen LogP contribution in [-0.4, -0.2) is 62.6 Å². The largest absolute Gasteiger partial charge is 0.479 e. The zero-order valence-electron chi connectivity index (χ0n) is 14.1. The SMILES string of the molecule is C#CCN(CC#C)C1CCc2ccccc21.O=C(O)C(O)C(O)C(=O)O. The Hall–Kier alpha value is -2.84. The Kier molecular flexibility index (Phi) is 8.33. The van der Waals surface area contributed by atoms with Crippen molar-refractivity contribution in [3.05, 3.63) is 35.4 Å². The number of carbonyl (C=O) groups is 2. The van der Waals surface area contributed by atoms with Gasteiger partial charge in [-0.3, -0.25) is 4.90 Å². The Balaban J connectivity index is 0.000000294. The number of aryl methyl sites for hydroxylation is 1. The molecule has 138 valence electrons. The van der Waals surface area contributed by atoms with Crippen molar-refractivity contribution in [2.24, 2.45) is 0 Å². The van der Waals surface area contributed by atoms with E-state index in [1.54, 1.807) is 0 Å². The molecule has 0 amide bonds. The third-order valence-corrected chi connectivity index (χ3v) is 3.94. The Morgan fingerprint density at radius 3 is 2.04 bits per heavy atom. The molecule has 0 aliphatic heterocycles. The van der Waals surface area contributed by atoms with E-state index in [1.807, 2.05) is 0 Å². The monoisotopic (exact) mass is 359 g/mol. The minimum atomic E-state index is -2.27. The molecule has 1 aliphatic carbocycles. The zero-order valence-corrected chi connectivity index (χ0v) is 14.1. The molecule has 0 aromatic heterocycles. The van der Waals surface area contributed by atoms with Gasteiger partial charge >= 0.3 is 11.9 Å². The van der Waals surface area contributed by atoms with E-state index in [2.05, 4.69) is 41.0 Å². The number of fused-ring (bicyclic) bond motifs is 1. The van der Waals surface area contributed by atoms with E-state index in [0.29, 0.717) is 19.1 Å². The first kappa shape index (κ1) is 21.2. The average Bonchev–Trinajstić information content (AvgIpc) is 3.04. The van der Waals surface area contributed by atoms with Gasteiger partial charge in [-0.1, -0.05) is 36.1 Å². The maximum Gasteiger partial charge on any atom is 0.335 e. The number of terminal acetylenes is 2. The maximum atomic E-state index is 9.77. The minimum absolute atomic E-state index is 0.406. The molecule has 0 spiro atoms. The van der Waals surface area contributed by atoms with Crippen LogP contribution in [0, 0.1) is 24.7 Å². The molecule has 26 heavy (non-hydrogen) atoms. The topological polar surface area (TPSA) is 118 Å². The molecule has 1 aliphatic rings. The first-order valence-electron chi connectivity index (χ1n) is 7.84. The molecule has 0 heterocycles. The van der Waals surface area contributed by atoms with Crippen LogP contribution in [0.1, 0.15) is 23.6 Å². The molecule has 1 aromatic carbocycles. The first-order chi connectivity index (χ1) is 12.3. The van der Waals surface area contributed by atoms with E-state index < -0.39 is 24.1 Å². The molecule has 0 radical (unpaired) electrons. The molecular weight excluding hydrogens is 338 g/mol. The van der Waals surface area contributed by atoms with E-state index in [4.69, 9.17) is 33.3 Å². The number of hydrogen-bond donors (Lipinski definition) is 4. The van der Waals surface area contributed by atoms with E-state index in [9.17, 15) is 9.59 Å². The molecule has 7 nitrogen and oxygen atoms in total. The van der Waals surface area contributed by atoms with E-state index in [-0.39, 0.29) is 0 Å². The van der Waals surface area contributed by atoms with Crippen molar-refractivity contribution in [3.63, 3.8) is 0 Å². The van der Waals surface area contributed by atoms with Crippen LogP contribution in [0.3, 0.4) is 0 Å². The minimum Gasteiger partial charge on any atom is -0.479 e.